The Balaban J connectivity index is 1.85. The van der Waals surface area contributed by atoms with Crippen molar-refractivity contribution < 1.29 is 4.74 Å². The van der Waals surface area contributed by atoms with Gasteiger partial charge in [-0.2, -0.15) is 0 Å². The van der Waals surface area contributed by atoms with Gasteiger partial charge in [-0.1, -0.05) is 78.9 Å². The van der Waals surface area contributed by atoms with Crippen LogP contribution in [-0.4, -0.2) is 12.1 Å². The van der Waals surface area contributed by atoms with E-state index in [1.165, 1.54) is 0 Å². The number of fused-ring (bicyclic) bond motifs is 1. The first-order valence-electron chi connectivity index (χ1n) is 8.39. The van der Waals surface area contributed by atoms with Crippen molar-refractivity contribution in [1.82, 2.24) is 4.98 Å². The van der Waals surface area contributed by atoms with Gasteiger partial charge in [0.15, 0.2) is 0 Å². The summed E-state index contributed by atoms with van der Waals surface area (Å²) in [5.74, 6) is 0. The highest BCUT2D eigenvalue weighted by molar-refractivity contribution is 5.82. The van der Waals surface area contributed by atoms with Gasteiger partial charge >= 0.3 is 0 Å². The lowest BCUT2D eigenvalue weighted by Gasteiger charge is -2.19. The monoisotopic (exact) mass is 325 g/mol. The summed E-state index contributed by atoms with van der Waals surface area (Å²) in [6.45, 7) is 0. The van der Waals surface area contributed by atoms with Crippen LogP contribution in [0.4, 0.5) is 0 Å². The minimum absolute atomic E-state index is 0.120. The SMILES string of the molecule is COC(c1ccccc1)c1ccccc1-c1ccc2ccccc2n1. The van der Waals surface area contributed by atoms with Crippen molar-refractivity contribution in [1.29, 1.82) is 0 Å². The molecular weight excluding hydrogens is 306 g/mol. The van der Waals surface area contributed by atoms with E-state index in [2.05, 4.69) is 48.5 Å². The molecule has 0 radical (unpaired) electrons. The topological polar surface area (TPSA) is 22.1 Å². The summed E-state index contributed by atoms with van der Waals surface area (Å²) in [6.07, 6.45) is -0.120. The number of ether oxygens (including phenoxy) is 1. The minimum Gasteiger partial charge on any atom is -0.372 e. The molecule has 0 saturated carbocycles. The second-order valence-corrected chi connectivity index (χ2v) is 6.00. The molecule has 2 heteroatoms. The molecule has 0 aliphatic carbocycles. The average Bonchev–Trinajstić information content (AvgIpc) is 2.69. The Kier molecular flexibility index (Phi) is 4.28. The third-order valence-electron chi connectivity index (χ3n) is 4.46. The maximum Gasteiger partial charge on any atom is 0.108 e. The molecule has 0 fully saturated rings. The summed E-state index contributed by atoms with van der Waals surface area (Å²) in [6, 6.07) is 31.0. The van der Waals surface area contributed by atoms with Crippen LogP contribution in [-0.2, 0) is 4.74 Å². The fourth-order valence-electron chi connectivity index (χ4n) is 3.25. The van der Waals surface area contributed by atoms with Gasteiger partial charge < -0.3 is 4.74 Å². The Bertz CT molecular complexity index is 995. The van der Waals surface area contributed by atoms with Crippen molar-refractivity contribution >= 4 is 10.9 Å². The van der Waals surface area contributed by atoms with Crippen molar-refractivity contribution in [3.63, 3.8) is 0 Å². The van der Waals surface area contributed by atoms with E-state index >= 15 is 0 Å². The predicted octanol–water partition coefficient (Wildman–Crippen LogP) is 5.64. The van der Waals surface area contributed by atoms with Crippen LogP contribution >= 0.6 is 0 Å². The number of nitrogens with zero attached hydrogens (tertiary/aromatic N) is 1. The maximum absolute atomic E-state index is 5.84. The third kappa shape index (κ3) is 3.04. The lowest BCUT2D eigenvalue weighted by molar-refractivity contribution is 0.137. The van der Waals surface area contributed by atoms with Crippen molar-refractivity contribution in [3.8, 4) is 11.3 Å². The highest BCUT2D eigenvalue weighted by Crippen LogP contribution is 2.33. The molecule has 0 aliphatic rings. The lowest BCUT2D eigenvalue weighted by Crippen LogP contribution is -2.05. The molecule has 2 nitrogen and oxygen atoms in total. The number of hydrogen-bond acceptors (Lipinski definition) is 2. The normalized spacial score (nSPS) is 12.2. The molecule has 1 unspecified atom stereocenters. The van der Waals surface area contributed by atoms with Gasteiger partial charge in [0, 0.05) is 18.1 Å². The lowest BCUT2D eigenvalue weighted by atomic mass is 9.94. The molecule has 4 aromatic rings. The summed E-state index contributed by atoms with van der Waals surface area (Å²) in [7, 11) is 1.75. The third-order valence-corrected chi connectivity index (χ3v) is 4.46. The average molecular weight is 325 g/mol. The van der Waals surface area contributed by atoms with Crippen molar-refractivity contribution in [2.24, 2.45) is 0 Å². The zero-order chi connectivity index (χ0) is 17.1. The number of rotatable bonds is 4. The summed E-state index contributed by atoms with van der Waals surface area (Å²) in [4.78, 5) is 4.86. The minimum atomic E-state index is -0.120. The largest absolute Gasteiger partial charge is 0.372 e. The van der Waals surface area contributed by atoms with Crippen molar-refractivity contribution in [3.05, 3.63) is 102 Å². The van der Waals surface area contributed by atoms with Gasteiger partial charge in [-0.3, -0.25) is 0 Å². The fraction of sp³-hybridized carbons (Fsp3) is 0.0870. The first-order chi connectivity index (χ1) is 12.4. The zero-order valence-electron chi connectivity index (χ0n) is 14.1. The predicted molar refractivity (Wildman–Crippen MR) is 102 cm³/mol. The second-order valence-electron chi connectivity index (χ2n) is 6.00. The number of hydrogen-bond donors (Lipinski definition) is 0. The summed E-state index contributed by atoms with van der Waals surface area (Å²) in [5.41, 5.74) is 5.33. The van der Waals surface area contributed by atoms with E-state index in [-0.39, 0.29) is 6.10 Å². The Morgan fingerprint density at radius 3 is 2.28 bits per heavy atom. The standard InChI is InChI=1S/C23H19NO/c1-25-23(18-10-3-2-4-11-18)20-13-7-6-12-19(20)22-16-15-17-9-5-8-14-21(17)24-22/h2-16,23H,1H3. The Morgan fingerprint density at radius 1 is 0.720 bits per heavy atom. The molecule has 0 saturated heterocycles. The van der Waals surface area contributed by atoms with Gasteiger partial charge in [0.25, 0.3) is 0 Å². The highest BCUT2D eigenvalue weighted by Gasteiger charge is 2.18. The van der Waals surface area contributed by atoms with Crippen molar-refractivity contribution in [2.75, 3.05) is 7.11 Å². The van der Waals surface area contributed by atoms with Crippen LogP contribution in [0.15, 0.2) is 91.0 Å². The van der Waals surface area contributed by atoms with E-state index in [0.717, 1.165) is 33.3 Å². The summed E-state index contributed by atoms with van der Waals surface area (Å²) < 4.78 is 5.84. The van der Waals surface area contributed by atoms with Gasteiger partial charge in [0.2, 0.25) is 0 Å². The van der Waals surface area contributed by atoms with Crippen LogP contribution < -0.4 is 0 Å². The van der Waals surface area contributed by atoms with Crippen LogP contribution in [0, 0.1) is 0 Å². The Morgan fingerprint density at radius 2 is 1.44 bits per heavy atom. The number of benzene rings is 3. The van der Waals surface area contributed by atoms with Crippen LogP contribution in [0.5, 0.6) is 0 Å². The molecule has 0 aliphatic heterocycles. The van der Waals surface area contributed by atoms with Gasteiger partial charge in [-0.15, -0.1) is 0 Å². The van der Waals surface area contributed by atoms with Gasteiger partial charge in [0.1, 0.15) is 6.10 Å². The van der Waals surface area contributed by atoms with E-state index in [0.29, 0.717) is 0 Å². The van der Waals surface area contributed by atoms with Gasteiger partial charge in [-0.05, 0) is 23.3 Å². The molecule has 3 aromatic carbocycles. The van der Waals surface area contributed by atoms with E-state index < -0.39 is 0 Å². The molecule has 0 amide bonds. The molecule has 1 aromatic heterocycles. The quantitative estimate of drug-likeness (QED) is 0.484. The molecule has 1 atom stereocenters. The van der Waals surface area contributed by atoms with E-state index in [1.54, 1.807) is 7.11 Å². The first kappa shape index (κ1) is 15.6. The summed E-state index contributed by atoms with van der Waals surface area (Å²) in [5, 5.41) is 1.15. The molecule has 4 rings (SSSR count). The zero-order valence-corrected chi connectivity index (χ0v) is 14.1. The van der Waals surface area contributed by atoms with Crippen LogP contribution in [0.2, 0.25) is 0 Å². The smallest absolute Gasteiger partial charge is 0.108 e. The molecule has 0 bridgehead atoms. The molecule has 25 heavy (non-hydrogen) atoms. The number of methoxy groups -OCH3 is 1. The molecule has 0 N–H and O–H groups in total. The maximum atomic E-state index is 5.84. The summed E-state index contributed by atoms with van der Waals surface area (Å²) >= 11 is 0. The van der Waals surface area contributed by atoms with E-state index in [4.69, 9.17) is 9.72 Å². The number of pyridine rings is 1. The van der Waals surface area contributed by atoms with E-state index in [9.17, 15) is 0 Å². The first-order valence-corrected chi connectivity index (χ1v) is 8.39. The van der Waals surface area contributed by atoms with Crippen LogP contribution in [0.1, 0.15) is 17.2 Å². The van der Waals surface area contributed by atoms with Crippen molar-refractivity contribution in [2.45, 2.75) is 6.10 Å². The highest BCUT2D eigenvalue weighted by atomic mass is 16.5. The van der Waals surface area contributed by atoms with Crippen LogP contribution in [0.25, 0.3) is 22.2 Å². The molecule has 1 heterocycles. The Hall–Kier alpha value is -2.97. The van der Waals surface area contributed by atoms with Crippen LogP contribution in [0.3, 0.4) is 0 Å². The number of para-hydroxylation sites is 1. The molecular formula is C23H19NO. The van der Waals surface area contributed by atoms with Gasteiger partial charge in [0.05, 0.1) is 11.2 Å². The van der Waals surface area contributed by atoms with E-state index in [1.807, 2.05) is 42.5 Å². The molecule has 0 spiro atoms. The number of aromatic nitrogens is 1. The second kappa shape index (κ2) is 6.88. The fourth-order valence-corrected chi connectivity index (χ4v) is 3.25. The van der Waals surface area contributed by atoms with Gasteiger partial charge in [-0.25, -0.2) is 4.98 Å². The Labute approximate surface area is 147 Å². The molecule has 122 valence electrons.